The van der Waals surface area contributed by atoms with Crippen molar-refractivity contribution in [3.8, 4) is 17.3 Å². The number of nitrogens with zero attached hydrogens (tertiary/aromatic N) is 3. The summed E-state index contributed by atoms with van der Waals surface area (Å²) in [5.41, 5.74) is 4.25. The largest absolute Gasteiger partial charge is 0.381 e. The molecule has 1 atom stereocenters. The van der Waals surface area contributed by atoms with Crippen molar-refractivity contribution in [1.29, 1.82) is 5.26 Å². The highest BCUT2D eigenvalue weighted by Gasteiger charge is 2.24. The van der Waals surface area contributed by atoms with E-state index >= 15 is 0 Å². The smallest absolute Gasteiger partial charge is 0.263 e. The third-order valence-corrected chi connectivity index (χ3v) is 6.38. The lowest BCUT2D eigenvalue weighted by Gasteiger charge is -2.10. The number of carbonyl (C=O) groups excluding carboxylic acids is 1. The van der Waals surface area contributed by atoms with Crippen LogP contribution in [0.3, 0.4) is 0 Å². The predicted octanol–water partition coefficient (Wildman–Crippen LogP) is 4.57. The fraction of sp³-hybridized carbons (Fsp3) is 0.130. The Labute approximate surface area is 176 Å². The molecule has 0 saturated heterocycles. The van der Waals surface area contributed by atoms with Gasteiger partial charge in [-0.15, -0.1) is 11.3 Å². The molecular weight excluding hydrogens is 394 g/mol. The standard InChI is InChI=1S/C23H17N5OS/c1-3-14-8-16(13(9-24)11-25-14)18-5-4-15-17(28-18)6-7-19-20(15)21-22(30-19)23(29)27-12(2)10-26-21/h3-8,11-12,26H,1,10H2,2H3,(H,27,29)/t12-/m1/s1. The minimum atomic E-state index is -0.0474. The third kappa shape index (κ3) is 2.81. The zero-order valence-corrected chi connectivity index (χ0v) is 17.0. The monoisotopic (exact) mass is 411 g/mol. The van der Waals surface area contributed by atoms with Gasteiger partial charge in [0.15, 0.2) is 0 Å². The fourth-order valence-corrected chi connectivity index (χ4v) is 4.86. The summed E-state index contributed by atoms with van der Waals surface area (Å²) in [5.74, 6) is -0.0474. The summed E-state index contributed by atoms with van der Waals surface area (Å²) in [5, 5.41) is 17.9. The molecule has 4 heterocycles. The molecule has 6 nitrogen and oxygen atoms in total. The van der Waals surface area contributed by atoms with Gasteiger partial charge in [0.2, 0.25) is 0 Å². The van der Waals surface area contributed by atoms with E-state index in [0.717, 1.165) is 32.2 Å². The quantitative estimate of drug-likeness (QED) is 0.504. The van der Waals surface area contributed by atoms with Gasteiger partial charge in [-0.25, -0.2) is 4.98 Å². The first-order valence-corrected chi connectivity index (χ1v) is 10.3. The summed E-state index contributed by atoms with van der Waals surface area (Å²) in [4.78, 5) is 22.3. The van der Waals surface area contributed by atoms with Crippen molar-refractivity contribution in [2.24, 2.45) is 0 Å². The van der Waals surface area contributed by atoms with Crippen molar-refractivity contribution in [3.63, 3.8) is 0 Å². The second kappa shape index (κ2) is 6.94. The van der Waals surface area contributed by atoms with Gasteiger partial charge >= 0.3 is 0 Å². The molecule has 0 fully saturated rings. The van der Waals surface area contributed by atoms with Gasteiger partial charge in [0.25, 0.3) is 5.91 Å². The normalized spacial score (nSPS) is 15.7. The molecule has 30 heavy (non-hydrogen) atoms. The second-order valence-electron chi connectivity index (χ2n) is 7.23. The lowest BCUT2D eigenvalue weighted by Crippen LogP contribution is -2.34. The van der Waals surface area contributed by atoms with Crippen molar-refractivity contribution in [3.05, 3.63) is 59.2 Å². The van der Waals surface area contributed by atoms with Crippen LogP contribution in [0.4, 0.5) is 5.69 Å². The van der Waals surface area contributed by atoms with Crippen molar-refractivity contribution in [1.82, 2.24) is 15.3 Å². The lowest BCUT2D eigenvalue weighted by atomic mass is 10.0. The van der Waals surface area contributed by atoms with Crippen LogP contribution in [0.1, 0.15) is 27.9 Å². The molecule has 1 aliphatic heterocycles. The number of fused-ring (bicyclic) bond motifs is 5. The average Bonchev–Trinajstić information content (AvgIpc) is 3.09. The molecule has 146 valence electrons. The SMILES string of the molecule is C=Cc1cc(-c2ccc3c(ccc4sc5c(c43)NC[C@@H](C)NC5=O)n2)c(C#N)cn1. The molecule has 0 unspecified atom stereocenters. The molecule has 0 aliphatic carbocycles. The molecule has 0 bridgehead atoms. The summed E-state index contributed by atoms with van der Waals surface area (Å²) < 4.78 is 1.04. The highest BCUT2D eigenvalue weighted by Crippen LogP contribution is 2.41. The van der Waals surface area contributed by atoms with E-state index in [1.54, 1.807) is 12.3 Å². The maximum atomic E-state index is 12.6. The molecule has 0 spiro atoms. The van der Waals surface area contributed by atoms with Crippen LogP contribution < -0.4 is 10.6 Å². The van der Waals surface area contributed by atoms with Crippen LogP contribution in [0, 0.1) is 11.3 Å². The van der Waals surface area contributed by atoms with E-state index in [2.05, 4.69) is 28.3 Å². The van der Waals surface area contributed by atoms with Gasteiger partial charge in [0.05, 0.1) is 28.2 Å². The van der Waals surface area contributed by atoms with Crippen LogP contribution in [0.25, 0.3) is 38.3 Å². The minimum absolute atomic E-state index is 0.0474. The van der Waals surface area contributed by atoms with E-state index in [-0.39, 0.29) is 11.9 Å². The average molecular weight is 411 g/mol. The maximum absolute atomic E-state index is 12.6. The Kier molecular flexibility index (Phi) is 4.23. The number of nitrogens with one attached hydrogen (secondary N) is 2. The van der Waals surface area contributed by atoms with Gasteiger partial charge in [0.1, 0.15) is 10.9 Å². The Morgan fingerprint density at radius 3 is 3.00 bits per heavy atom. The van der Waals surface area contributed by atoms with E-state index in [0.29, 0.717) is 28.4 Å². The highest BCUT2D eigenvalue weighted by molar-refractivity contribution is 7.21. The van der Waals surface area contributed by atoms with Crippen LogP contribution in [-0.4, -0.2) is 28.5 Å². The number of nitriles is 1. The molecule has 2 N–H and O–H groups in total. The number of hydrogen-bond acceptors (Lipinski definition) is 6. The molecule has 3 aromatic heterocycles. The summed E-state index contributed by atoms with van der Waals surface area (Å²) in [6.45, 7) is 6.40. The van der Waals surface area contributed by atoms with Crippen LogP contribution in [-0.2, 0) is 0 Å². The summed E-state index contributed by atoms with van der Waals surface area (Å²) in [7, 11) is 0. The van der Waals surface area contributed by atoms with Crippen LogP contribution >= 0.6 is 11.3 Å². The maximum Gasteiger partial charge on any atom is 0.263 e. The molecular formula is C23H17N5OS. The molecule has 4 aromatic rings. The summed E-state index contributed by atoms with van der Waals surface area (Å²) in [6.07, 6.45) is 3.19. The molecule has 0 radical (unpaired) electrons. The molecule has 5 rings (SSSR count). The fourth-order valence-electron chi connectivity index (χ4n) is 3.76. The number of pyridine rings is 2. The van der Waals surface area contributed by atoms with Crippen LogP contribution in [0.2, 0.25) is 0 Å². The number of aromatic nitrogens is 2. The number of rotatable bonds is 2. The number of hydrogen-bond donors (Lipinski definition) is 2. The van der Waals surface area contributed by atoms with Crippen molar-refractivity contribution < 1.29 is 4.79 Å². The summed E-state index contributed by atoms with van der Waals surface area (Å²) >= 11 is 1.48. The van der Waals surface area contributed by atoms with E-state index in [4.69, 9.17) is 4.98 Å². The summed E-state index contributed by atoms with van der Waals surface area (Å²) in [6, 6.07) is 11.9. The Hall–Kier alpha value is -3.76. The van der Waals surface area contributed by atoms with Crippen LogP contribution in [0.5, 0.6) is 0 Å². The van der Waals surface area contributed by atoms with E-state index < -0.39 is 0 Å². The second-order valence-corrected chi connectivity index (χ2v) is 8.29. The zero-order valence-electron chi connectivity index (χ0n) is 16.2. The number of carbonyl (C=O) groups is 1. The molecule has 1 aliphatic rings. The molecule has 1 aromatic carbocycles. The van der Waals surface area contributed by atoms with Gasteiger partial charge in [-0.05, 0) is 43.3 Å². The van der Waals surface area contributed by atoms with Crippen molar-refractivity contribution >= 4 is 50.0 Å². The Balaban J connectivity index is 1.73. The molecule has 7 heteroatoms. The highest BCUT2D eigenvalue weighted by atomic mass is 32.1. The molecule has 0 saturated carbocycles. The number of benzene rings is 1. The Bertz CT molecular complexity index is 1400. The first-order chi connectivity index (χ1) is 14.6. The number of thiophene rings is 1. The van der Waals surface area contributed by atoms with E-state index in [1.807, 2.05) is 37.3 Å². The predicted molar refractivity (Wildman–Crippen MR) is 121 cm³/mol. The zero-order chi connectivity index (χ0) is 20.8. The van der Waals surface area contributed by atoms with Gasteiger partial charge < -0.3 is 10.6 Å². The van der Waals surface area contributed by atoms with Gasteiger partial charge in [0, 0.05) is 39.8 Å². The topological polar surface area (TPSA) is 90.7 Å². The van der Waals surface area contributed by atoms with Gasteiger partial charge in [-0.1, -0.05) is 6.58 Å². The first kappa shape index (κ1) is 18.3. The third-order valence-electron chi connectivity index (χ3n) is 5.22. The molecule has 1 amide bonds. The number of amides is 1. The van der Waals surface area contributed by atoms with Crippen molar-refractivity contribution in [2.75, 3.05) is 11.9 Å². The first-order valence-electron chi connectivity index (χ1n) is 9.53. The van der Waals surface area contributed by atoms with Crippen LogP contribution in [0.15, 0.2) is 43.1 Å². The lowest BCUT2D eigenvalue weighted by molar-refractivity contribution is 0.0949. The number of anilines is 1. The van der Waals surface area contributed by atoms with Gasteiger partial charge in [-0.2, -0.15) is 5.26 Å². The van der Waals surface area contributed by atoms with Crippen molar-refractivity contribution in [2.45, 2.75) is 13.0 Å². The van der Waals surface area contributed by atoms with Gasteiger partial charge in [-0.3, -0.25) is 9.78 Å². The minimum Gasteiger partial charge on any atom is -0.381 e. The van der Waals surface area contributed by atoms with E-state index in [1.165, 1.54) is 11.3 Å². The van der Waals surface area contributed by atoms with E-state index in [9.17, 15) is 10.1 Å². The Morgan fingerprint density at radius 2 is 2.20 bits per heavy atom. The Morgan fingerprint density at radius 1 is 1.33 bits per heavy atom.